The van der Waals surface area contributed by atoms with Gasteiger partial charge in [-0.15, -0.1) is 11.3 Å². The lowest BCUT2D eigenvalue weighted by Gasteiger charge is -2.19. The van der Waals surface area contributed by atoms with Crippen LogP contribution in [0.4, 0.5) is 0 Å². The Labute approximate surface area is 122 Å². The first kappa shape index (κ1) is 12.7. The molecule has 1 aromatic rings. The Hall–Kier alpha value is -0.330. The van der Waals surface area contributed by atoms with Crippen LogP contribution < -0.4 is 0 Å². The molecule has 6 heteroatoms. The van der Waals surface area contributed by atoms with E-state index in [9.17, 15) is 9.59 Å². The molecule has 0 aliphatic carbocycles. The molecule has 2 aliphatic rings. The van der Waals surface area contributed by atoms with Gasteiger partial charge in [-0.05, 0) is 40.2 Å². The number of amides is 2. The Morgan fingerprint density at radius 2 is 2.22 bits per heavy atom. The third kappa shape index (κ3) is 2.04. The lowest BCUT2D eigenvalue weighted by atomic mass is 9.86. The smallest absolute Gasteiger partial charge is 0.237 e. The maximum atomic E-state index is 12.4. The first-order valence-corrected chi connectivity index (χ1v) is 8.54. The summed E-state index contributed by atoms with van der Waals surface area (Å²) in [6.07, 6.45) is 1.26. The molecule has 3 rings (SSSR count). The van der Waals surface area contributed by atoms with E-state index in [1.807, 2.05) is 12.1 Å². The molecule has 2 amide bonds. The van der Waals surface area contributed by atoms with Gasteiger partial charge in [0.25, 0.3) is 0 Å². The van der Waals surface area contributed by atoms with Gasteiger partial charge in [-0.3, -0.25) is 14.5 Å². The fraction of sp³-hybridized carbons (Fsp3) is 0.500. The standard InChI is InChI=1S/C12H12BrNO2S2/c13-9-2-1-8(18-9)6-14-10(15)5-12(11(14)16)3-4-17-7-12/h1-2H,3-7H2. The molecular weight excluding hydrogens is 334 g/mol. The zero-order valence-electron chi connectivity index (χ0n) is 9.65. The number of rotatable bonds is 2. The molecule has 1 aromatic heterocycles. The minimum Gasteiger partial charge on any atom is -0.277 e. The van der Waals surface area contributed by atoms with E-state index in [1.54, 1.807) is 23.1 Å². The number of carbonyl (C=O) groups excluding carboxylic acids is 2. The van der Waals surface area contributed by atoms with Crippen molar-refractivity contribution in [2.24, 2.45) is 5.41 Å². The first-order valence-electron chi connectivity index (χ1n) is 5.77. The van der Waals surface area contributed by atoms with Gasteiger partial charge in [0, 0.05) is 17.1 Å². The van der Waals surface area contributed by atoms with Crippen molar-refractivity contribution in [3.8, 4) is 0 Å². The summed E-state index contributed by atoms with van der Waals surface area (Å²) < 4.78 is 1.03. The summed E-state index contributed by atoms with van der Waals surface area (Å²) in [5.41, 5.74) is -0.379. The number of nitrogens with zero attached hydrogens (tertiary/aromatic N) is 1. The van der Waals surface area contributed by atoms with E-state index in [4.69, 9.17) is 0 Å². The van der Waals surface area contributed by atoms with Crippen molar-refractivity contribution in [2.75, 3.05) is 11.5 Å². The number of carbonyl (C=O) groups is 2. The lowest BCUT2D eigenvalue weighted by molar-refractivity contribution is -0.141. The Morgan fingerprint density at radius 3 is 2.83 bits per heavy atom. The number of halogens is 1. The Kier molecular flexibility index (Phi) is 3.28. The van der Waals surface area contributed by atoms with Crippen LogP contribution in [0.1, 0.15) is 17.7 Å². The second kappa shape index (κ2) is 4.65. The normalized spacial score (nSPS) is 27.7. The summed E-state index contributed by atoms with van der Waals surface area (Å²) in [6, 6.07) is 3.91. The molecular formula is C12H12BrNO2S2. The second-order valence-electron chi connectivity index (χ2n) is 4.75. The topological polar surface area (TPSA) is 37.4 Å². The summed E-state index contributed by atoms with van der Waals surface area (Å²) >= 11 is 6.76. The van der Waals surface area contributed by atoms with E-state index in [0.717, 1.165) is 26.6 Å². The molecule has 0 N–H and O–H groups in total. The fourth-order valence-corrected chi connectivity index (χ4v) is 5.44. The predicted molar refractivity (Wildman–Crippen MR) is 76.6 cm³/mol. The third-order valence-electron chi connectivity index (χ3n) is 3.54. The van der Waals surface area contributed by atoms with Gasteiger partial charge < -0.3 is 0 Å². The summed E-state index contributed by atoms with van der Waals surface area (Å²) in [7, 11) is 0. The second-order valence-corrected chi connectivity index (χ2v) is 8.40. The predicted octanol–water partition coefficient (Wildman–Crippen LogP) is 2.89. The third-order valence-corrected chi connectivity index (χ3v) is 6.39. The van der Waals surface area contributed by atoms with Gasteiger partial charge in [0.1, 0.15) is 0 Å². The molecule has 0 bridgehead atoms. The van der Waals surface area contributed by atoms with E-state index in [1.165, 1.54) is 4.90 Å². The van der Waals surface area contributed by atoms with Crippen LogP contribution in [0, 0.1) is 5.41 Å². The Morgan fingerprint density at radius 1 is 1.39 bits per heavy atom. The Balaban J connectivity index is 1.80. The average molecular weight is 346 g/mol. The maximum Gasteiger partial charge on any atom is 0.237 e. The molecule has 2 fully saturated rings. The highest BCUT2D eigenvalue weighted by Crippen LogP contribution is 2.45. The van der Waals surface area contributed by atoms with Crippen LogP contribution >= 0.6 is 39.0 Å². The zero-order valence-corrected chi connectivity index (χ0v) is 12.9. The minimum absolute atomic E-state index is 0.00739. The number of thioether (sulfide) groups is 1. The van der Waals surface area contributed by atoms with Gasteiger partial charge in [0.2, 0.25) is 11.8 Å². The molecule has 0 aromatic carbocycles. The van der Waals surface area contributed by atoms with Crippen LogP contribution in [0.5, 0.6) is 0 Å². The molecule has 2 saturated heterocycles. The first-order chi connectivity index (χ1) is 8.61. The largest absolute Gasteiger partial charge is 0.277 e. The van der Waals surface area contributed by atoms with Crippen LogP contribution in [0.15, 0.2) is 15.9 Å². The SMILES string of the molecule is O=C1CC2(CCSC2)C(=O)N1Cc1ccc(Br)s1. The zero-order chi connectivity index (χ0) is 12.8. The van der Waals surface area contributed by atoms with Gasteiger partial charge in [-0.1, -0.05) is 0 Å². The van der Waals surface area contributed by atoms with Crippen molar-refractivity contribution in [3.63, 3.8) is 0 Å². The van der Waals surface area contributed by atoms with E-state index < -0.39 is 0 Å². The molecule has 1 unspecified atom stereocenters. The van der Waals surface area contributed by atoms with Crippen LogP contribution in [-0.4, -0.2) is 28.2 Å². The van der Waals surface area contributed by atoms with Crippen LogP contribution in [0.25, 0.3) is 0 Å². The number of hydrogen-bond donors (Lipinski definition) is 0. The highest BCUT2D eigenvalue weighted by atomic mass is 79.9. The van der Waals surface area contributed by atoms with Crippen molar-refractivity contribution in [2.45, 2.75) is 19.4 Å². The van der Waals surface area contributed by atoms with Crippen molar-refractivity contribution < 1.29 is 9.59 Å². The van der Waals surface area contributed by atoms with Crippen molar-refractivity contribution in [3.05, 3.63) is 20.8 Å². The molecule has 2 aliphatic heterocycles. The van der Waals surface area contributed by atoms with Crippen LogP contribution in [0.3, 0.4) is 0 Å². The van der Waals surface area contributed by atoms with Crippen LogP contribution in [0.2, 0.25) is 0 Å². The monoisotopic (exact) mass is 345 g/mol. The van der Waals surface area contributed by atoms with Gasteiger partial charge in [0.05, 0.1) is 15.7 Å². The summed E-state index contributed by atoms with van der Waals surface area (Å²) in [6.45, 7) is 0.431. The minimum atomic E-state index is -0.379. The van der Waals surface area contributed by atoms with Crippen LogP contribution in [-0.2, 0) is 16.1 Å². The van der Waals surface area contributed by atoms with Gasteiger partial charge in [-0.25, -0.2) is 0 Å². The van der Waals surface area contributed by atoms with E-state index >= 15 is 0 Å². The summed E-state index contributed by atoms with van der Waals surface area (Å²) in [5.74, 6) is 1.84. The molecule has 18 heavy (non-hydrogen) atoms. The molecule has 1 spiro atoms. The highest BCUT2D eigenvalue weighted by molar-refractivity contribution is 9.11. The molecule has 0 radical (unpaired) electrons. The van der Waals surface area contributed by atoms with Gasteiger partial charge >= 0.3 is 0 Å². The van der Waals surface area contributed by atoms with Crippen molar-refractivity contribution >= 4 is 50.8 Å². The summed E-state index contributed by atoms with van der Waals surface area (Å²) in [4.78, 5) is 27.0. The number of hydrogen-bond acceptors (Lipinski definition) is 4. The van der Waals surface area contributed by atoms with E-state index in [-0.39, 0.29) is 17.2 Å². The molecule has 3 nitrogen and oxygen atoms in total. The lowest BCUT2D eigenvalue weighted by Crippen LogP contribution is -2.35. The fourth-order valence-electron chi connectivity index (χ4n) is 2.53. The Bertz CT molecular complexity index is 508. The number of thiophene rings is 1. The highest BCUT2D eigenvalue weighted by Gasteiger charge is 2.52. The van der Waals surface area contributed by atoms with Gasteiger partial charge in [-0.2, -0.15) is 11.8 Å². The number of imide groups is 1. The van der Waals surface area contributed by atoms with Crippen molar-refractivity contribution in [1.82, 2.24) is 4.90 Å². The van der Waals surface area contributed by atoms with E-state index in [2.05, 4.69) is 15.9 Å². The van der Waals surface area contributed by atoms with Crippen molar-refractivity contribution in [1.29, 1.82) is 0 Å². The molecule has 0 saturated carbocycles. The quantitative estimate of drug-likeness (QED) is 0.773. The molecule has 1 atom stereocenters. The average Bonchev–Trinajstić information content (AvgIpc) is 2.99. The number of likely N-dealkylation sites (tertiary alicyclic amines) is 1. The summed E-state index contributed by atoms with van der Waals surface area (Å²) in [5, 5.41) is 0. The molecule has 3 heterocycles. The molecule has 96 valence electrons. The van der Waals surface area contributed by atoms with Gasteiger partial charge in [0.15, 0.2) is 0 Å². The van der Waals surface area contributed by atoms with E-state index in [0.29, 0.717) is 13.0 Å². The maximum absolute atomic E-state index is 12.4.